The number of ether oxygens (including phenoxy) is 1. The molecule has 2 nitrogen and oxygen atoms in total. The zero-order valence-corrected chi connectivity index (χ0v) is 13.8. The van der Waals surface area contributed by atoms with E-state index in [2.05, 4.69) is 57.3 Å². The van der Waals surface area contributed by atoms with E-state index in [4.69, 9.17) is 4.74 Å². The summed E-state index contributed by atoms with van der Waals surface area (Å²) in [5, 5.41) is 3.34. The van der Waals surface area contributed by atoms with Crippen LogP contribution in [0.2, 0.25) is 0 Å². The molecule has 114 valence electrons. The molecule has 1 aromatic rings. The van der Waals surface area contributed by atoms with E-state index < -0.39 is 0 Å². The van der Waals surface area contributed by atoms with Gasteiger partial charge in [0.15, 0.2) is 0 Å². The van der Waals surface area contributed by atoms with Crippen LogP contribution in [-0.4, -0.2) is 20.3 Å². The van der Waals surface area contributed by atoms with Gasteiger partial charge in [-0.2, -0.15) is 0 Å². The van der Waals surface area contributed by atoms with Gasteiger partial charge in [-0.1, -0.05) is 52.0 Å². The predicted octanol–water partition coefficient (Wildman–Crippen LogP) is 4.52. The smallest absolute Gasteiger partial charge is 0.0661 e. The molecule has 0 aliphatic carbocycles. The van der Waals surface area contributed by atoms with Crippen molar-refractivity contribution in [1.82, 2.24) is 5.32 Å². The molecular formula is C18H31NO. The van der Waals surface area contributed by atoms with Crippen molar-refractivity contribution in [2.45, 2.75) is 52.5 Å². The summed E-state index contributed by atoms with van der Waals surface area (Å²) in [5.41, 5.74) is 2.70. The largest absolute Gasteiger partial charge is 0.379 e. The Labute approximate surface area is 124 Å². The topological polar surface area (TPSA) is 21.3 Å². The van der Waals surface area contributed by atoms with Crippen molar-refractivity contribution in [2.75, 3.05) is 20.3 Å². The number of hydrogen-bond donors (Lipinski definition) is 1. The molecule has 1 unspecified atom stereocenters. The minimum atomic E-state index is 0.287. The molecule has 0 radical (unpaired) electrons. The van der Waals surface area contributed by atoms with Gasteiger partial charge < -0.3 is 10.1 Å². The Bertz CT molecular complexity index is 356. The normalized spacial score (nSPS) is 13.2. The highest BCUT2D eigenvalue weighted by atomic mass is 16.5. The Morgan fingerprint density at radius 1 is 1.00 bits per heavy atom. The highest BCUT2D eigenvalue weighted by Gasteiger charge is 2.09. The molecule has 0 saturated carbocycles. The van der Waals surface area contributed by atoms with E-state index >= 15 is 0 Å². The Balaban J connectivity index is 2.41. The van der Waals surface area contributed by atoms with E-state index in [1.165, 1.54) is 17.5 Å². The van der Waals surface area contributed by atoms with E-state index in [1.54, 1.807) is 0 Å². The second-order valence-electron chi connectivity index (χ2n) is 6.27. The lowest BCUT2D eigenvalue weighted by atomic mass is 9.99. The summed E-state index contributed by atoms with van der Waals surface area (Å²) in [5.74, 6) is 1.35. The van der Waals surface area contributed by atoms with Crippen LogP contribution in [0, 0.1) is 5.92 Å². The quantitative estimate of drug-likeness (QED) is 0.670. The standard InChI is InChI=1S/C18H31NO/c1-14(2)7-6-12-20-13-18(19-5)17-10-8-16(9-11-17)15(3)4/h8-11,14-15,18-19H,6-7,12-13H2,1-5H3. The van der Waals surface area contributed by atoms with Gasteiger partial charge in [0.25, 0.3) is 0 Å². The van der Waals surface area contributed by atoms with Crippen molar-refractivity contribution in [2.24, 2.45) is 5.92 Å². The van der Waals surface area contributed by atoms with Crippen molar-refractivity contribution in [3.63, 3.8) is 0 Å². The van der Waals surface area contributed by atoms with Crippen LogP contribution in [0.25, 0.3) is 0 Å². The summed E-state index contributed by atoms with van der Waals surface area (Å²) in [6.07, 6.45) is 2.40. The summed E-state index contributed by atoms with van der Waals surface area (Å²) in [6, 6.07) is 9.17. The van der Waals surface area contributed by atoms with E-state index in [0.717, 1.165) is 25.6 Å². The Morgan fingerprint density at radius 2 is 1.60 bits per heavy atom. The average molecular weight is 277 g/mol. The molecule has 1 rings (SSSR count). The third kappa shape index (κ3) is 6.06. The average Bonchev–Trinajstić information content (AvgIpc) is 2.42. The fourth-order valence-corrected chi connectivity index (χ4v) is 2.25. The SMILES string of the molecule is CNC(COCCCC(C)C)c1ccc(C(C)C)cc1. The zero-order valence-electron chi connectivity index (χ0n) is 13.8. The van der Waals surface area contributed by atoms with Crippen molar-refractivity contribution in [3.05, 3.63) is 35.4 Å². The first kappa shape index (κ1) is 17.2. The third-order valence-electron chi connectivity index (χ3n) is 3.71. The molecule has 1 atom stereocenters. The molecule has 0 aromatic heterocycles. The lowest BCUT2D eigenvalue weighted by Gasteiger charge is -2.18. The molecule has 0 fully saturated rings. The molecule has 0 bridgehead atoms. The fourth-order valence-electron chi connectivity index (χ4n) is 2.25. The third-order valence-corrected chi connectivity index (χ3v) is 3.71. The van der Waals surface area contributed by atoms with Gasteiger partial charge in [0.1, 0.15) is 0 Å². The minimum Gasteiger partial charge on any atom is -0.379 e. The number of rotatable bonds is 9. The van der Waals surface area contributed by atoms with Crippen LogP contribution in [-0.2, 0) is 4.74 Å². The van der Waals surface area contributed by atoms with Crippen LogP contribution < -0.4 is 5.32 Å². The van der Waals surface area contributed by atoms with Gasteiger partial charge in [0.2, 0.25) is 0 Å². The predicted molar refractivity (Wildman–Crippen MR) is 87.2 cm³/mol. The second-order valence-corrected chi connectivity index (χ2v) is 6.27. The van der Waals surface area contributed by atoms with Gasteiger partial charge in [0, 0.05) is 6.61 Å². The first-order valence-electron chi connectivity index (χ1n) is 7.89. The number of likely N-dealkylation sites (N-methyl/N-ethyl adjacent to an activating group) is 1. The molecule has 1 N–H and O–H groups in total. The summed E-state index contributed by atoms with van der Waals surface area (Å²) in [6.45, 7) is 10.6. The molecule has 0 heterocycles. The van der Waals surface area contributed by atoms with Crippen molar-refractivity contribution in [1.29, 1.82) is 0 Å². The van der Waals surface area contributed by atoms with Crippen LogP contribution >= 0.6 is 0 Å². The van der Waals surface area contributed by atoms with Crippen LogP contribution in [0.4, 0.5) is 0 Å². The summed E-state index contributed by atoms with van der Waals surface area (Å²) in [7, 11) is 2.00. The monoisotopic (exact) mass is 277 g/mol. The van der Waals surface area contributed by atoms with Crippen molar-refractivity contribution in [3.8, 4) is 0 Å². The van der Waals surface area contributed by atoms with Crippen LogP contribution in [0.15, 0.2) is 24.3 Å². The molecule has 0 saturated heterocycles. The summed E-state index contributed by atoms with van der Waals surface area (Å²) >= 11 is 0. The zero-order chi connectivity index (χ0) is 15.0. The van der Waals surface area contributed by atoms with E-state index in [9.17, 15) is 0 Å². The minimum absolute atomic E-state index is 0.287. The first-order valence-corrected chi connectivity index (χ1v) is 7.89. The van der Waals surface area contributed by atoms with Gasteiger partial charge in [0.05, 0.1) is 12.6 Å². The van der Waals surface area contributed by atoms with E-state index in [0.29, 0.717) is 5.92 Å². The Morgan fingerprint density at radius 3 is 2.10 bits per heavy atom. The lowest BCUT2D eigenvalue weighted by Crippen LogP contribution is -2.22. The molecule has 20 heavy (non-hydrogen) atoms. The Hall–Kier alpha value is -0.860. The molecule has 0 aliphatic rings. The highest BCUT2D eigenvalue weighted by molar-refractivity contribution is 5.26. The van der Waals surface area contributed by atoms with Crippen molar-refractivity contribution >= 4 is 0 Å². The number of benzene rings is 1. The molecule has 0 spiro atoms. The molecule has 0 amide bonds. The molecule has 0 aliphatic heterocycles. The maximum absolute atomic E-state index is 5.81. The van der Waals surface area contributed by atoms with Crippen molar-refractivity contribution < 1.29 is 4.74 Å². The molecular weight excluding hydrogens is 246 g/mol. The molecule has 1 aromatic carbocycles. The highest BCUT2D eigenvalue weighted by Crippen LogP contribution is 2.19. The van der Waals surface area contributed by atoms with Gasteiger partial charge in [-0.25, -0.2) is 0 Å². The maximum atomic E-state index is 5.81. The van der Waals surface area contributed by atoms with Gasteiger partial charge in [-0.05, 0) is 42.9 Å². The van der Waals surface area contributed by atoms with Crippen LogP contribution in [0.3, 0.4) is 0 Å². The second kappa shape index (κ2) is 9.15. The number of hydrogen-bond acceptors (Lipinski definition) is 2. The van der Waals surface area contributed by atoms with Gasteiger partial charge in [-0.3, -0.25) is 0 Å². The molecule has 2 heteroatoms. The van der Waals surface area contributed by atoms with Gasteiger partial charge >= 0.3 is 0 Å². The lowest BCUT2D eigenvalue weighted by molar-refractivity contribution is 0.108. The van der Waals surface area contributed by atoms with E-state index in [1.807, 2.05) is 7.05 Å². The van der Waals surface area contributed by atoms with Crippen LogP contribution in [0.1, 0.15) is 63.6 Å². The summed E-state index contributed by atoms with van der Waals surface area (Å²) < 4.78 is 5.81. The number of nitrogens with one attached hydrogen (secondary N) is 1. The van der Waals surface area contributed by atoms with Gasteiger partial charge in [-0.15, -0.1) is 0 Å². The Kier molecular flexibility index (Phi) is 7.86. The first-order chi connectivity index (χ1) is 9.54. The van der Waals surface area contributed by atoms with Crippen LogP contribution in [0.5, 0.6) is 0 Å². The van der Waals surface area contributed by atoms with E-state index in [-0.39, 0.29) is 6.04 Å². The maximum Gasteiger partial charge on any atom is 0.0661 e. The summed E-state index contributed by atoms with van der Waals surface area (Å²) in [4.78, 5) is 0. The fraction of sp³-hybridized carbons (Fsp3) is 0.667.